The number of hydrazone groups is 1. The molecular formula is C16H20N4O4. The summed E-state index contributed by atoms with van der Waals surface area (Å²) in [5.74, 6) is 2.99. The molecule has 0 bridgehead atoms. The van der Waals surface area contributed by atoms with Gasteiger partial charge in [-0.15, -0.1) is 0 Å². The summed E-state index contributed by atoms with van der Waals surface area (Å²) in [6.07, 6.45) is 2.05. The molecule has 8 nitrogen and oxygen atoms in total. The van der Waals surface area contributed by atoms with Crippen LogP contribution in [0, 0.1) is 5.92 Å². The Morgan fingerprint density at radius 1 is 1.46 bits per heavy atom. The van der Waals surface area contributed by atoms with Crippen molar-refractivity contribution in [3.63, 3.8) is 0 Å². The van der Waals surface area contributed by atoms with Gasteiger partial charge in [0.25, 0.3) is 0 Å². The summed E-state index contributed by atoms with van der Waals surface area (Å²) in [5.41, 5.74) is 1.57. The quantitative estimate of drug-likeness (QED) is 0.393. The summed E-state index contributed by atoms with van der Waals surface area (Å²) < 4.78 is 0. The number of hydrogen-bond acceptors (Lipinski definition) is 5. The zero-order valence-electron chi connectivity index (χ0n) is 13.3. The Labute approximate surface area is 139 Å². The van der Waals surface area contributed by atoms with Crippen LogP contribution in [0.2, 0.25) is 0 Å². The zero-order valence-corrected chi connectivity index (χ0v) is 13.3. The largest absolute Gasteiger partial charge is 0.480 e. The highest BCUT2D eigenvalue weighted by Crippen LogP contribution is 2.27. The second-order valence-corrected chi connectivity index (χ2v) is 5.68. The summed E-state index contributed by atoms with van der Waals surface area (Å²) in [5, 5.41) is 14.6. The van der Waals surface area contributed by atoms with Gasteiger partial charge in [0.15, 0.2) is 0 Å². The number of carbonyl (C=O) groups excluding carboxylic acids is 2. The van der Waals surface area contributed by atoms with Crippen LogP contribution in [0.4, 0.5) is 5.69 Å². The Morgan fingerprint density at radius 2 is 2.12 bits per heavy atom. The number of amides is 2. The van der Waals surface area contributed by atoms with E-state index in [0.717, 1.165) is 11.3 Å². The molecule has 4 N–H and O–H groups in total. The van der Waals surface area contributed by atoms with Crippen LogP contribution in [-0.2, 0) is 14.4 Å². The van der Waals surface area contributed by atoms with E-state index in [2.05, 4.69) is 10.4 Å². The van der Waals surface area contributed by atoms with Crippen LogP contribution in [0.25, 0.3) is 0 Å². The Morgan fingerprint density at radius 3 is 2.71 bits per heavy atom. The smallest absolute Gasteiger partial charge is 0.325 e. The molecule has 24 heavy (non-hydrogen) atoms. The van der Waals surface area contributed by atoms with Crippen molar-refractivity contribution in [2.24, 2.45) is 16.9 Å². The third-order valence-electron chi connectivity index (χ3n) is 3.92. The van der Waals surface area contributed by atoms with E-state index in [4.69, 9.17) is 10.9 Å². The monoisotopic (exact) mass is 332 g/mol. The zero-order chi connectivity index (χ0) is 17.7. The molecule has 0 saturated carbocycles. The predicted molar refractivity (Wildman–Crippen MR) is 88.5 cm³/mol. The van der Waals surface area contributed by atoms with Gasteiger partial charge in [-0.3, -0.25) is 14.4 Å². The van der Waals surface area contributed by atoms with Gasteiger partial charge in [-0.25, -0.2) is 0 Å². The predicted octanol–water partition coefficient (Wildman–Crippen LogP) is 0.312. The first-order valence-corrected chi connectivity index (χ1v) is 7.59. The van der Waals surface area contributed by atoms with E-state index < -0.39 is 23.8 Å². The number of carbonyl (C=O) groups is 3. The molecule has 0 radical (unpaired) electrons. The van der Waals surface area contributed by atoms with Gasteiger partial charge >= 0.3 is 5.97 Å². The molecule has 1 aromatic carbocycles. The van der Waals surface area contributed by atoms with Crippen LogP contribution < -0.4 is 16.1 Å². The number of nitrogens with two attached hydrogens (primary N) is 1. The maximum Gasteiger partial charge on any atom is 0.325 e. The lowest BCUT2D eigenvalue weighted by molar-refractivity contribution is -0.141. The van der Waals surface area contributed by atoms with Crippen molar-refractivity contribution >= 4 is 29.7 Å². The molecule has 2 unspecified atom stereocenters. The second kappa shape index (κ2) is 7.58. The molecule has 1 aliphatic heterocycles. The van der Waals surface area contributed by atoms with Crippen molar-refractivity contribution in [1.29, 1.82) is 0 Å². The van der Waals surface area contributed by atoms with Crippen molar-refractivity contribution in [2.75, 3.05) is 11.4 Å². The first kappa shape index (κ1) is 17.5. The number of aliphatic carboxylic acids is 1. The number of benzene rings is 1. The van der Waals surface area contributed by atoms with Crippen molar-refractivity contribution in [3.8, 4) is 0 Å². The first-order chi connectivity index (χ1) is 11.4. The Hall–Kier alpha value is -2.90. The molecule has 0 spiro atoms. The van der Waals surface area contributed by atoms with E-state index >= 15 is 0 Å². The maximum absolute atomic E-state index is 12.5. The van der Waals surface area contributed by atoms with Crippen LogP contribution in [-0.4, -0.2) is 41.7 Å². The minimum absolute atomic E-state index is 0.00906. The molecule has 128 valence electrons. The minimum Gasteiger partial charge on any atom is -0.480 e. The van der Waals surface area contributed by atoms with Gasteiger partial charge in [0, 0.05) is 24.6 Å². The molecular weight excluding hydrogens is 312 g/mol. The van der Waals surface area contributed by atoms with Crippen LogP contribution in [0.3, 0.4) is 0 Å². The maximum atomic E-state index is 12.5. The fourth-order valence-corrected chi connectivity index (χ4v) is 2.60. The third kappa shape index (κ3) is 4.09. The third-order valence-corrected chi connectivity index (χ3v) is 3.92. The average molecular weight is 332 g/mol. The van der Waals surface area contributed by atoms with Gasteiger partial charge in [0.2, 0.25) is 11.8 Å². The van der Waals surface area contributed by atoms with Gasteiger partial charge in [0.1, 0.15) is 6.04 Å². The highest BCUT2D eigenvalue weighted by molar-refractivity contribution is 5.99. The molecule has 0 aliphatic carbocycles. The van der Waals surface area contributed by atoms with E-state index in [1.165, 1.54) is 13.1 Å². The van der Waals surface area contributed by atoms with E-state index in [0.29, 0.717) is 13.0 Å². The van der Waals surface area contributed by atoms with Gasteiger partial charge in [-0.1, -0.05) is 12.1 Å². The number of hydrogen-bond donors (Lipinski definition) is 3. The number of nitrogens with one attached hydrogen (secondary N) is 1. The standard InChI is InChI=1S/C16H20N4O4/c1-10(16(23)24)19-14(21)8-12-6-7-20(15(12)22)13-4-2-11(3-5-13)9-18-17/h2-5,9-10,12H,6-8,17H2,1H3,(H,19,21)(H,23,24). The SMILES string of the molecule is CC(NC(=O)CC1CCN(c2ccc(C=NN)cc2)C1=O)C(=O)O. The topological polar surface area (TPSA) is 125 Å². The van der Waals surface area contributed by atoms with Crippen molar-refractivity contribution < 1.29 is 19.5 Å². The molecule has 1 aromatic rings. The molecule has 1 aliphatic rings. The van der Waals surface area contributed by atoms with Crippen molar-refractivity contribution in [1.82, 2.24) is 5.32 Å². The molecule has 1 heterocycles. The lowest BCUT2D eigenvalue weighted by atomic mass is 10.0. The van der Waals surface area contributed by atoms with Crippen LogP contribution in [0.15, 0.2) is 29.4 Å². The van der Waals surface area contributed by atoms with Crippen LogP contribution in [0.5, 0.6) is 0 Å². The summed E-state index contributed by atoms with van der Waals surface area (Å²) in [6.45, 7) is 1.91. The minimum atomic E-state index is -1.11. The van der Waals surface area contributed by atoms with E-state index in [1.807, 2.05) is 0 Å². The van der Waals surface area contributed by atoms with Gasteiger partial charge in [0.05, 0.1) is 6.21 Å². The lowest BCUT2D eigenvalue weighted by Gasteiger charge is -2.17. The normalized spacial score (nSPS) is 18.8. The van der Waals surface area contributed by atoms with Gasteiger partial charge in [-0.2, -0.15) is 5.10 Å². The summed E-state index contributed by atoms with van der Waals surface area (Å²) in [7, 11) is 0. The van der Waals surface area contributed by atoms with Crippen molar-refractivity contribution in [2.45, 2.75) is 25.8 Å². The van der Waals surface area contributed by atoms with Crippen molar-refractivity contribution in [3.05, 3.63) is 29.8 Å². The highest BCUT2D eigenvalue weighted by atomic mass is 16.4. The molecule has 0 aromatic heterocycles. The number of carboxylic acid groups (broad SMARTS) is 1. The molecule has 1 fully saturated rings. The molecule has 2 amide bonds. The molecule has 1 saturated heterocycles. The Bertz CT molecular complexity index is 657. The second-order valence-electron chi connectivity index (χ2n) is 5.68. The molecule has 8 heteroatoms. The fraction of sp³-hybridized carbons (Fsp3) is 0.375. The molecule has 2 atom stereocenters. The number of nitrogens with zero attached hydrogens (tertiary/aromatic N) is 2. The summed E-state index contributed by atoms with van der Waals surface area (Å²) >= 11 is 0. The van der Waals surface area contributed by atoms with E-state index in [9.17, 15) is 14.4 Å². The van der Waals surface area contributed by atoms with Gasteiger partial charge in [-0.05, 0) is 31.0 Å². The van der Waals surface area contributed by atoms with Crippen LogP contribution >= 0.6 is 0 Å². The van der Waals surface area contributed by atoms with E-state index in [-0.39, 0.29) is 12.3 Å². The number of carboxylic acids is 1. The highest BCUT2D eigenvalue weighted by Gasteiger charge is 2.34. The van der Waals surface area contributed by atoms with E-state index in [1.54, 1.807) is 29.2 Å². The summed E-state index contributed by atoms with van der Waals surface area (Å²) in [4.78, 5) is 36.7. The Balaban J connectivity index is 1.97. The lowest BCUT2D eigenvalue weighted by Crippen LogP contribution is -2.39. The number of rotatable bonds is 6. The number of anilines is 1. The first-order valence-electron chi connectivity index (χ1n) is 7.59. The molecule has 2 rings (SSSR count). The van der Waals surface area contributed by atoms with Gasteiger partial charge < -0.3 is 21.2 Å². The average Bonchev–Trinajstić information content (AvgIpc) is 2.89. The Kier molecular flexibility index (Phi) is 5.51. The summed E-state index contributed by atoms with van der Waals surface area (Å²) in [6, 6.07) is 6.22. The fourth-order valence-electron chi connectivity index (χ4n) is 2.60. The van der Waals surface area contributed by atoms with Crippen LogP contribution in [0.1, 0.15) is 25.3 Å².